The predicted molar refractivity (Wildman–Crippen MR) is 60.6 cm³/mol. The molecule has 0 amide bonds. The first-order chi connectivity index (χ1) is 9.44. The molecule has 1 aliphatic rings. The topological polar surface area (TPSA) is 81.5 Å². The number of hydrogen-bond donors (Lipinski definition) is 1. The van der Waals surface area contributed by atoms with E-state index in [2.05, 4.69) is 19.4 Å². The van der Waals surface area contributed by atoms with Gasteiger partial charge in [0.25, 0.3) is 0 Å². The highest BCUT2D eigenvalue weighted by atomic mass is 19.3. The number of carbonyl (C=O) groups is 1. The van der Waals surface area contributed by atoms with Gasteiger partial charge in [-0.1, -0.05) is 0 Å². The Balaban J connectivity index is 2.01. The molecule has 0 bridgehead atoms. The van der Waals surface area contributed by atoms with Crippen LogP contribution in [0.4, 0.5) is 8.78 Å². The standard InChI is InChI=1S/C12H6F2N2O4/c13-12(14)19-9-2-1-6(3-10(9)20-12)7-4-8(11(17)18)16-5-15-7/h1-5H,(H,17,18). The van der Waals surface area contributed by atoms with Crippen LogP contribution in [0.2, 0.25) is 0 Å². The maximum atomic E-state index is 12.9. The summed E-state index contributed by atoms with van der Waals surface area (Å²) in [7, 11) is 0. The molecule has 0 aliphatic carbocycles. The van der Waals surface area contributed by atoms with Gasteiger partial charge in [0.15, 0.2) is 17.2 Å². The summed E-state index contributed by atoms with van der Waals surface area (Å²) in [6, 6.07) is 5.30. The van der Waals surface area contributed by atoms with E-state index in [0.29, 0.717) is 5.56 Å². The first kappa shape index (κ1) is 12.3. The third-order valence-electron chi connectivity index (χ3n) is 2.58. The molecule has 2 aromatic rings. The van der Waals surface area contributed by atoms with Crippen molar-refractivity contribution in [3.63, 3.8) is 0 Å². The van der Waals surface area contributed by atoms with Gasteiger partial charge in [-0.05, 0) is 24.3 Å². The van der Waals surface area contributed by atoms with Gasteiger partial charge in [0.1, 0.15) is 6.33 Å². The summed E-state index contributed by atoms with van der Waals surface area (Å²) in [6.45, 7) is 0. The van der Waals surface area contributed by atoms with Crippen molar-refractivity contribution in [3.8, 4) is 22.8 Å². The minimum Gasteiger partial charge on any atom is -0.477 e. The Morgan fingerprint density at radius 2 is 1.90 bits per heavy atom. The van der Waals surface area contributed by atoms with E-state index in [0.717, 1.165) is 6.33 Å². The van der Waals surface area contributed by atoms with Gasteiger partial charge < -0.3 is 14.6 Å². The monoisotopic (exact) mass is 280 g/mol. The number of aromatic nitrogens is 2. The lowest BCUT2D eigenvalue weighted by molar-refractivity contribution is -0.286. The van der Waals surface area contributed by atoms with Crippen LogP contribution in [0.15, 0.2) is 30.6 Å². The first-order valence-electron chi connectivity index (χ1n) is 5.40. The number of hydrogen-bond acceptors (Lipinski definition) is 5. The number of benzene rings is 1. The second kappa shape index (κ2) is 4.12. The highest BCUT2D eigenvalue weighted by Gasteiger charge is 2.43. The van der Waals surface area contributed by atoms with Crippen molar-refractivity contribution in [1.82, 2.24) is 9.97 Å². The molecule has 0 saturated carbocycles. The maximum Gasteiger partial charge on any atom is 0.586 e. The van der Waals surface area contributed by atoms with Gasteiger partial charge in [-0.3, -0.25) is 0 Å². The fraction of sp³-hybridized carbons (Fsp3) is 0.0833. The summed E-state index contributed by atoms with van der Waals surface area (Å²) < 4.78 is 34.4. The van der Waals surface area contributed by atoms with Gasteiger partial charge in [0, 0.05) is 5.56 Å². The van der Waals surface area contributed by atoms with Crippen molar-refractivity contribution in [2.45, 2.75) is 6.29 Å². The zero-order chi connectivity index (χ0) is 14.3. The summed E-state index contributed by atoms with van der Waals surface area (Å²) in [5.74, 6) is -1.44. The molecule has 0 atom stereocenters. The van der Waals surface area contributed by atoms with Gasteiger partial charge in [-0.25, -0.2) is 14.8 Å². The summed E-state index contributed by atoms with van der Waals surface area (Å²) in [5, 5.41) is 8.85. The molecule has 3 rings (SSSR count). The van der Waals surface area contributed by atoms with Crippen LogP contribution < -0.4 is 9.47 Å². The van der Waals surface area contributed by atoms with Crippen molar-refractivity contribution in [3.05, 3.63) is 36.3 Å². The van der Waals surface area contributed by atoms with Crippen molar-refractivity contribution >= 4 is 5.97 Å². The smallest absolute Gasteiger partial charge is 0.477 e. The molecular formula is C12H6F2N2O4. The number of carboxylic acids is 1. The average molecular weight is 280 g/mol. The molecule has 8 heteroatoms. The summed E-state index contributed by atoms with van der Waals surface area (Å²) in [6.07, 6.45) is -2.61. The lowest BCUT2D eigenvalue weighted by atomic mass is 10.1. The van der Waals surface area contributed by atoms with E-state index in [1.807, 2.05) is 0 Å². The normalized spacial score (nSPS) is 15.1. The molecule has 1 aromatic carbocycles. The number of ether oxygens (including phenoxy) is 2. The van der Waals surface area contributed by atoms with Crippen LogP contribution in [0.3, 0.4) is 0 Å². The van der Waals surface area contributed by atoms with Gasteiger partial charge in [-0.15, -0.1) is 8.78 Å². The fourth-order valence-electron chi connectivity index (χ4n) is 1.74. The lowest BCUT2D eigenvalue weighted by Crippen LogP contribution is -2.25. The number of carboxylic acid groups (broad SMARTS) is 1. The number of aromatic carboxylic acids is 1. The highest BCUT2D eigenvalue weighted by Crippen LogP contribution is 2.42. The van der Waals surface area contributed by atoms with Crippen LogP contribution in [0, 0.1) is 0 Å². The van der Waals surface area contributed by atoms with E-state index < -0.39 is 12.3 Å². The Bertz CT molecular complexity index is 706. The van der Waals surface area contributed by atoms with Crippen LogP contribution in [0.1, 0.15) is 10.5 Å². The Morgan fingerprint density at radius 1 is 1.15 bits per heavy atom. The molecule has 0 spiro atoms. The Kier molecular flexibility index (Phi) is 2.53. The zero-order valence-corrected chi connectivity index (χ0v) is 9.71. The number of fused-ring (bicyclic) bond motifs is 1. The number of nitrogens with zero attached hydrogens (tertiary/aromatic N) is 2. The van der Waals surface area contributed by atoms with Crippen LogP contribution >= 0.6 is 0 Å². The molecule has 2 heterocycles. The van der Waals surface area contributed by atoms with Crippen LogP contribution in [-0.4, -0.2) is 27.3 Å². The SMILES string of the molecule is O=C(O)c1cc(-c2ccc3c(c2)OC(F)(F)O3)ncn1. The van der Waals surface area contributed by atoms with E-state index in [1.165, 1.54) is 24.3 Å². The minimum absolute atomic E-state index is 0.0914. The molecule has 102 valence electrons. The van der Waals surface area contributed by atoms with Gasteiger partial charge in [-0.2, -0.15) is 0 Å². The largest absolute Gasteiger partial charge is 0.586 e. The predicted octanol–water partition coefficient (Wildman–Crippen LogP) is 2.16. The average Bonchev–Trinajstić information content (AvgIpc) is 2.71. The molecule has 6 nitrogen and oxygen atoms in total. The van der Waals surface area contributed by atoms with Crippen molar-refractivity contribution in [1.29, 1.82) is 0 Å². The molecule has 1 aliphatic heterocycles. The van der Waals surface area contributed by atoms with Crippen LogP contribution in [-0.2, 0) is 0 Å². The van der Waals surface area contributed by atoms with Crippen LogP contribution in [0.5, 0.6) is 11.5 Å². The molecule has 0 fully saturated rings. The number of rotatable bonds is 2. The van der Waals surface area contributed by atoms with E-state index in [-0.39, 0.29) is 22.9 Å². The molecule has 20 heavy (non-hydrogen) atoms. The molecule has 1 aromatic heterocycles. The molecule has 0 unspecified atom stereocenters. The highest BCUT2D eigenvalue weighted by molar-refractivity contribution is 5.86. The summed E-state index contributed by atoms with van der Waals surface area (Å²) >= 11 is 0. The second-order valence-corrected chi connectivity index (χ2v) is 3.92. The van der Waals surface area contributed by atoms with Gasteiger partial charge >= 0.3 is 12.3 Å². The molecule has 0 saturated heterocycles. The fourth-order valence-corrected chi connectivity index (χ4v) is 1.74. The zero-order valence-electron chi connectivity index (χ0n) is 9.71. The van der Waals surface area contributed by atoms with Gasteiger partial charge in [0.05, 0.1) is 5.69 Å². The number of alkyl halides is 2. The summed E-state index contributed by atoms with van der Waals surface area (Å²) in [5.41, 5.74) is 0.493. The second-order valence-electron chi connectivity index (χ2n) is 3.92. The lowest BCUT2D eigenvalue weighted by Gasteiger charge is -2.04. The maximum absolute atomic E-state index is 12.9. The molecular weight excluding hydrogens is 274 g/mol. The van der Waals surface area contributed by atoms with Crippen molar-refractivity contribution < 1.29 is 28.2 Å². The Morgan fingerprint density at radius 3 is 2.65 bits per heavy atom. The van der Waals surface area contributed by atoms with E-state index >= 15 is 0 Å². The number of halogens is 2. The third-order valence-corrected chi connectivity index (χ3v) is 2.58. The molecule has 0 radical (unpaired) electrons. The van der Waals surface area contributed by atoms with E-state index in [4.69, 9.17) is 5.11 Å². The Labute approximate surface area is 110 Å². The third kappa shape index (κ3) is 2.11. The minimum atomic E-state index is -3.70. The van der Waals surface area contributed by atoms with Gasteiger partial charge in [0.2, 0.25) is 0 Å². The van der Waals surface area contributed by atoms with Crippen molar-refractivity contribution in [2.24, 2.45) is 0 Å². The Hall–Kier alpha value is -2.77. The van der Waals surface area contributed by atoms with E-state index in [9.17, 15) is 13.6 Å². The summed E-state index contributed by atoms with van der Waals surface area (Å²) in [4.78, 5) is 18.3. The van der Waals surface area contributed by atoms with Crippen molar-refractivity contribution in [2.75, 3.05) is 0 Å². The molecule has 1 N–H and O–H groups in total. The van der Waals surface area contributed by atoms with E-state index in [1.54, 1.807) is 0 Å². The first-order valence-corrected chi connectivity index (χ1v) is 5.40. The van der Waals surface area contributed by atoms with Crippen LogP contribution in [0.25, 0.3) is 11.3 Å². The quantitative estimate of drug-likeness (QED) is 0.907.